The van der Waals surface area contributed by atoms with Crippen molar-refractivity contribution in [1.29, 1.82) is 0 Å². The minimum Gasteiger partial charge on any atom is -0.497 e. The van der Waals surface area contributed by atoms with Gasteiger partial charge in [0.2, 0.25) is 0 Å². The monoisotopic (exact) mass is 421 g/mol. The van der Waals surface area contributed by atoms with E-state index in [1.54, 1.807) is 31.5 Å². The van der Waals surface area contributed by atoms with Crippen molar-refractivity contribution < 1.29 is 17.9 Å². The molecule has 0 aliphatic rings. The van der Waals surface area contributed by atoms with Gasteiger partial charge in [0.1, 0.15) is 16.4 Å². The minimum atomic E-state index is -3.59. The molecule has 1 aromatic heterocycles. The standard InChI is InChI=1S/C18H16BrNO4S/c1-23-15-4-5-16-13(8-15)7-12(10-20-16)11-25(21,22)18-9-14(19)3-6-17(18)24-2/h3-10H,11H2,1-2H3. The molecule has 7 heteroatoms. The fourth-order valence-electron chi connectivity index (χ4n) is 2.55. The van der Waals surface area contributed by atoms with Crippen LogP contribution in [0.25, 0.3) is 10.9 Å². The molecule has 3 aromatic rings. The van der Waals surface area contributed by atoms with Crippen molar-refractivity contribution in [2.75, 3.05) is 14.2 Å². The summed E-state index contributed by atoms with van der Waals surface area (Å²) in [5, 5.41) is 0.827. The van der Waals surface area contributed by atoms with Crippen molar-refractivity contribution in [2.45, 2.75) is 10.6 Å². The molecule has 3 rings (SSSR count). The summed E-state index contributed by atoms with van der Waals surface area (Å²) >= 11 is 3.31. The first-order valence-corrected chi connectivity index (χ1v) is 9.86. The number of hydrogen-bond donors (Lipinski definition) is 0. The van der Waals surface area contributed by atoms with E-state index in [2.05, 4.69) is 20.9 Å². The van der Waals surface area contributed by atoms with Crippen LogP contribution < -0.4 is 9.47 Å². The molecule has 0 aliphatic heterocycles. The Morgan fingerprint density at radius 3 is 2.56 bits per heavy atom. The van der Waals surface area contributed by atoms with E-state index in [9.17, 15) is 8.42 Å². The van der Waals surface area contributed by atoms with E-state index in [1.807, 2.05) is 24.3 Å². The van der Waals surface area contributed by atoms with Crippen LogP contribution in [-0.2, 0) is 15.6 Å². The average Bonchev–Trinajstić information content (AvgIpc) is 2.60. The molecular weight excluding hydrogens is 406 g/mol. The van der Waals surface area contributed by atoms with Gasteiger partial charge < -0.3 is 9.47 Å². The summed E-state index contributed by atoms with van der Waals surface area (Å²) in [4.78, 5) is 4.48. The first-order chi connectivity index (χ1) is 11.9. The van der Waals surface area contributed by atoms with Gasteiger partial charge in [0, 0.05) is 16.1 Å². The van der Waals surface area contributed by atoms with Crippen LogP contribution in [0.5, 0.6) is 11.5 Å². The molecular formula is C18H16BrNO4S. The highest BCUT2D eigenvalue weighted by atomic mass is 79.9. The minimum absolute atomic E-state index is 0.148. The fourth-order valence-corrected chi connectivity index (χ4v) is 4.58. The highest BCUT2D eigenvalue weighted by Gasteiger charge is 2.21. The number of fused-ring (bicyclic) bond motifs is 1. The Morgan fingerprint density at radius 1 is 1.04 bits per heavy atom. The van der Waals surface area contributed by atoms with Gasteiger partial charge in [-0.1, -0.05) is 15.9 Å². The summed E-state index contributed by atoms with van der Waals surface area (Å²) < 4.78 is 36.8. The maximum atomic E-state index is 12.8. The molecule has 2 aromatic carbocycles. The molecule has 0 saturated heterocycles. The number of halogens is 1. The van der Waals surface area contributed by atoms with Gasteiger partial charge in [-0.15, -0.1) is 0 Å². The van der Waals surface area contributed by atoms with E-state index < -0.39 is 9.84 Å². The van der Waals surface area contributed by atoms with Crippen molar-refractivity contribution >= 4 is 36.7 Å². The summed E-state index contributed by atoms with van der Waals surface area (Å²) in [7, 11) is -0.553. The van der Waals surface area contributed by atoms with E-state index in [1.165, 1.54) is 7.11 Å². The summed E-state index contributed by atoms with van der Waals surface area (Å²) in [5.74, 6) is 0.849. The van der Waals surface area contributed by atoms with Crippen LogP contribution in [0.2, 0.25) is 0 Å². The smallest absolute Gasteiger partial charge is 0.186 e. The number of methoxy groups -OCH3 is 2. The maximum Gasteiger partial charge on any atom is 0.186 e. The molecule has 0 atom stereocenters. The van der Waals surface area contributed by atoms with Crippen LogP contribution in [0.1, 0.15) is 5.56 Å². The van der Waals surface area contributed by atoms with Crippen LogP contribution in [-0.4, -0.2) is 27.6 Å². The zero-order chi connectivity index (χ0) is 18.0. The van der Waals surface area contributed by atoms with Gasteiger partial charge >= 0.3 is 0 Å². The second-order valence-corrected chi connectivity index (χ2v) is 8.33. The van der Waals surface area contributed by atoms with Gasteiger partial charge in [-0.3, -0.25) is 4.98 Å². The predicted octanol–water partition coefficient (Wildman–Crippen LogP) is 3.99. The summed E-state index contributed by atoms with van der Waals surface area (Å²) in [6.45, 7) is 0. The van der Waals surface area contributed by atoms with Crippen molar-refractivity contribution in [3.63, 3.8) is 0 Å². The Hall–Kier alpha value is -2.12. The third kappa shape index (κ3) is 3.77. The third-order valence-electron chi connectivity index (χ3n) is 3.76. The zero-order valence-electron chi connectivity index (χ0n) is 13.7. The van der Waals surface area contributed by atoms with Crippen molar-refractivity contribution in [3.05, 3.63) is 58.7 Å². The Morgan fingerprint density at radius 2 is 1.84 bits per heavy atom. The van der Waals surface area contributed by atoms with E-state index in [-0.39, 0.29) is 10.6 Å². The molecule has 0 unspecified atom stereocenters. The highest BCUT2D eigenvalue weighted by molar-refractivity contribution is 9.10. The van der Waals surface area contributed by atoms with E-state index in [0.717, 1.165) is 10.9 Å². The van der Waals surface area contributed by atoms with Gasteiger partial charge in [-0.05, 0) is 48.0 Å². The molecule has 5 nitrogen and oxygen atoms in total. The number of pyridine rings is 1. The van der Waals surface area contributed by atoms with Crippen molar-refractivity contribution in [2.24, 2.45) is 0 Å². The molecule has 25 heavy (non-hydrogen) atoms. The first-order valence-electron chi connectivity index (χ1n) is 7.42. The normalized spacial score (nSPS) is 11.5. The van der Waals surface area contributed by atoms with E-state index >= 15 is 0 Å². The average molecular weight is 422 g/mol. The lowest BCUT2D eigenvalue weighted by atomic mass is 10.2. The second kappa shape index (κ2) is 7.01. The lowest BCUT2D eigenvalue weighted by molar-refractivity contribution is 0.402. The summed E-state index contributed by atoms with van der Waals surface area (Å²) in [5.41, 5.74) is 1.38. The van der Waals surface area contributed by atoms with Gasteiger partial charge in [0.05, 0.1) is 25.5 Å². The molecule has 0 amide bonds. The summed E-state index contributed by atoms with van der Waals surface area (Å²) in [6.07, 6.45) is 1.58. The predicted molar refractivity (Wildman–Crippen MR) is 99.9 cm³/mol. The second-order valence-electron chi connectivity index (χ2n) is 5.46. The molecule has 0 radical (unpaired) electrons. The fraction of sp³-hybridized carbons (Fsp3) is 0.167. The van der Waals surface area contributed by atoms with E-state index in [4.69, 9.17) is 9.47 Å². The summed E-state index contributed by atoms with van der Waals surface area (Å²) in [6, 6.07) is 12.2. The molecule has 0 bridgehead atoms. The van der Waals surface area contributed by atoms with Gasteiger partial charge in [-0.25, -0.2) is 8.42 Å². The van der Waals surface area contributed by atoms with Crippen LogP contribution in [0, 0.1) is 0 Å². The Bertz CT molecular complexity index is 1030. The van der Waals surface area contributed by atoms with Crippen LogP contribution in [0.4, 0.5) is 0 Å². The maximum absolute atomic E-state index is 12.8. The van der Waals surface area contributed by atoms with Crippen LogP contribution in [0.3, 0.4) is 0 Å². The van der Waals surface area contributed by atoms with Crippen molar-refractivity contribution in [1.82, 2.24) is 4.98 Å². The molecule has 130 valence electrons. The molecule has 0 aliphatic carbocycles. The third-order valence-corrected chi connectivity index (χ3v) is 5.96. The number of benzene rings is 2. The highest BCUT2D eigenvalue weighted by Crippen LogP contribution is 2.30. The Kier molecular flexibility index (Phi) is 4.96. The number of rotatable bonds is 5. The molecule has 0 N–H and O–H groups in total. The van der Waals surface area contributed by atoms with Crippen molar-refractivity contribution in [3.8, 4) is 11.5 Å². The lowest BCUT2D eigenvalue weighted by Gasteiger charge is -2.10. The van der Waals surface area contributed by atoms with Crippen LogP contribution >= 0.6 is 15.9 Å². The lowest BCUT2D eigenvalue weighted by Crippen LogP contribution is -2.07. The van der Waals surface area contributed by atoms with Gasteiger partial charge in [0.15, 0.2) is 9.84 Å². The largest absolute Gasteiger partial charge is 0.497 e. The number of sulfone groups is 1. The van der Waals surface area contributed by atoms with Crippen LogP contribution in [0.15, 0.2) is 58.0 Å². The molecule has 1 heterocycles. The number of aromatic nitrogens is 1. The Labute approximate surface area is 154 Å². The Balaban J connectivity index is 2.01. The van der Waals surface area contributed by atoms with Gasteiger partial charge in [-0.2, -0.15) is 0 Å². The first kappa shape index (κ1) is 17.7. The molecule has 0 fully saturated rings. The quantitative estimate of drug-likeness (QED) is 0.622. The zero-order valence-corrected chi connectivity index (χ0v) is 16.1. The number of hydrogen-bond acceptors (Lipinski definition) is 5. The van der Waals surface area contributed by atoms with Gasteiger partial charge in [0.25, 0.3) is 0 Å². The molecule has 0 spiro atoms. The number of ether oxygens (including phenoxy) is 2. The van der Waals surface area contributed by atoms with E-state index in [0.29, 0.717) is 21.5 Å². The SMILES string of the molecule is COc1ccc2ncc(CS(=O)(=O)c3cc(Br)ccc3OC)cc2c1. The molecule has 0 saturated carbocycles. The number of nitrogens with zero attached hydrogens (tertiary/aromatic N) is 1. The topological polar surface area (TPSA) is 65.5 Å².